The van der Waals surface area contributed by atoms with Gasteiger partial charge in [0.2, 0.25) is 0 Å². The molecule has 0 saturated heterocycles. The van der Waals surface area contributed by atoms with E-state index < -0.39 is 0 Å². The van der Waals surface area contributed by atoms with Crippen molar-refractivity contribution in [3.05, 3.63) is 28.8 Å². The van der Waals surface area contributed by atoms with Crippen LogP contribution in [0.3, 0.4) is 0 Å². The average Bonchev–Trinajstić information content (AvgIpc) is 3.17. The number of ether oxygens (including phenoxy) is 1. The minimum atomic E-state index is 0.709. The lowest BCUT2D eigenvalue weighted by molar-refractivity contribution is 0.206. The van der Waals surface area contributed by atoms with E-state index >= 15 is 0 Å². The number of benzene rings is 1. The number of rotatable bonds is 7. The van der Waals surface area contributed by atoms with Crippen LogP contribution in [0.4, 0.5) is 5.69 Å². The second-order valence-corrected chi connectivity index (χ2v) is 5.28. The van der Waals surface area contributed by atoms with Crippen LogP contribution in [-0.2, 0) is 11.3 Å². The molecule has 1 aliphatic carbocycles. The molecule has 1 fully saturated rings. The molecule has 100 valence electrons. The van der Waals surface area contributed by atoms with Gasteiger partial charge in [0.05, 0.1) is 6.61 Å². The molecule has 0 atom stereocenters. The molecule has 0 bridgehead atoms. The standard InChI is InChI=1S/C14H21ClN2O/c1-17(7-8-18-2)14-6-3-12(15)9-11(14)10-16-13-4-5-13/h3,6,9,13,16H,4-5,7-8,10H2,1-2H3. The summed E-state index contributed by atoms with van der Waals surface area (Å²) in [4.78, 5) is 2.21. The van der Waals surface area contributed by atoms with Crippen LogP contribution in [0.15, 0.2) is 18.2 Å². The van der Waals surface area contributed by atoms with E-state index in [9.17, 15) is 0 Å². The van der Waals surface area contributed by atoms with Crippen molar-refractivity contribution in [3.63, 3.8) is 0 Å². The Morgan fingerprint density at radius 3 is 2.89 bits per heavy atom. The molecule has 0 amide bonds. The third-order valence-corrected chi connectivity index (χ3v) is 3.48. The lowest BCUT2D eigenvalue weighted by atomic mass is 10.1. The van der Waals surface area contributed by atoms with Crippen LogP contribution < -0.4 is 10.2 Å². The first-order valence-electron chi connectivity index (χ1n) is 6.42. The average molecular weight is 269 g/mol. The second-order valence-electron chi connectivity index (χ2n) is 4.84. The molecule has 0 aromatic heterocycles. The highest BCUT2D eigenvalue weighted by atomic mass is 35.5. The van der Waals surface area contributed by atoms with Crippen molar-refractivity contribution in [1.82, 2.24) is 5.32 Å². The Bertz CT molecular complexity index is 393. The Balaban J connectivity index is 2.05. The summed E-state index contributed by atoms with van der Waals surface area (Å²) in [6, 6.07) is 6.79. The molecule has 0 aliphatic heterocycles. The number of likely N-dealkylation sites (N-methyl/N-ethyl adjacent to an activating group) is 1. The summed E-state index contributed by atoms with van der Waals surface area (Å²) >= 11 is 6.09. The molecule has 0 heterocycles. The van der Waals surface area contributed by atoms with Crippen LogP contribution in [0, 0.1) is 0 Å². The number of methoxy groups -OCH3 is 1. The van der Waals surface area contributed by atoms with E-state index in [1.54, 1.807) is 7.11 Å². The van der Waals surface area contributed by atoms with E-state index in [-0.39, 0.29) is 0 Å². The van der Waals surface area contributed by atoms with Crippen LogP contribution >= 0.6 is 11.6 Å². The van der Waals surface area contributed by atoms with Gasteiger partial charge in [-0.3, -0.25) is 0 Å². The summed E-state index contributed by atoms with van der Waals surface area (Å²) in [5.74, 6) is 0. The van der Waals surface area contributed by atoms with E-state index in [4.69, 9.17) is 16.3 Å². The zero-order valence-corrected chi connectivity index (χ0v) is 11.8. The fourth-order valence-corrected chi connectivity index (χ4v) is 2.15. The Hall–Kier alpha value is -0.770. The number of nitrogens with zero attached hydrogens (tertiary/aromatic N) is 1. The Morgan fingerprint density at radius 2 is 2.22 bits per heavy atom. The van der Waals surface area contributed by atoms with Crippen molar-refractivity contribution < 1.29 is 4.74 Å². The molecule has 4 heteroatoms. The smallest absolute Gasteiger partial charge is 0.0637 e. The first-order chi connectivity index (χ1) is 8.70. The molecule has 1 N–H and O–H groups in total. The normalized spacial score (nSPS) is 14.8. The lowest BCUT2D eigenvalue weighted by Crippen LogP contribution is -2.25. The minimum absolute atomic E-state index is 0.709. The van der Waals surface area contributed by atoms with Crippen molar-refractivity contribution in [1.29, 1.82) is 0 Å². The highest BCUT2D eigenvalue weighted by Crippen LogP contribution is 2.25. The molecule has 1 saturated carbocycles. The SMILES string of the molecule is COCCN(C)c1ccc(Cl)cc1CNC1CC1. The molecule has 3 nitrogen and oxygen atoms in total. The number of hydrogen-bond acceptors (Lipinski definition) is 3. The van der Waals surface area contributed by atoms with Gasteiger partial charge in [-0.05, 0) is 36.6 Å². The third kappa shape index (κ3) is 3.87. The van der Waals surface area contributed by atoms with Crippen LogP contribution in [0.2, 0.25) is 5.02 Å². The molecule has 0 spiro atoms. The van der Waals surface area contributed by atoms with Crippen molar-refractivity contribution in [3.8, 4) is 0 Å². The fourth-order valence-electron chi connectivity index (χ4n) is 1.96. The van der Waals surface area contributed by atoms with Crippen molar-refractivity contribution in [2.75, 3.05) is 32.2 Å². The highest BCUT2D eigenvalue weighted by Gasteiger charge is 2.20. The van der Waals surface area contributed by atoms with Gasteiger partial charge < -0.3 is 15.0 Å². The van der Waals surface area contributed by atoms with Crippen LogP contribution in [0.25, 0.3) is 0 Å². The maximum absolute atomic E-state index is 6.09. The molecule has 0 radical (unpaired) electrons. The zero-order chi connectivity index (χ0) is 13.0. The lowest BCUT2D eigenvalue weighted by Gasteiger charge is -2.22. The summed E-state index contributed by atoms with van der Waals surface area (Å²) in [5.41, 5.74) is 2.48. The Morgan fingerprint density at radius 1 is 1.44 bits per heavy atom. The molecule has 18 heavy (non-hydrogen) atoms. The van der Waals surface area contributed by atoms with Gasteiger partial charge in [-0.1, -0.05) is 11.6 Å². The molecule has 1 aromatic carbocycles. The van der Waals surface area contributed by atoms with Gasteiger partial charge in [0, 0.05) is 44.0 Å². The second kappa shape index (κ2) is 6.41. The number of nitrogens with one attached hydrogen (secondary N) is 1. The zero-order valence-electron chi connectivity index (χ0n) is 11.1. The maximum atomic E-state index is 6.09. The fraction of sp³-hybridized carbons (Fsp3) is 0.571. The number of halogens is 1. The van der Waals surface area contributed by atoms with Crippen molar-refractivity contribution in [2.24, 2.45) is 0 Å². The molecular weight excluding hydrogens is 248 g/mol. The highest BCUT2D eigenvalue weighted by molar-refractivity contribution is 6.30. The summed E-state index contributed by atoms with van der Waals surface area (Å²) in [5, 5.41) is 4.33. The van der Waals surface area contributed by atoms with Gasteiger partial charge in [-0.25, -0.2) is 0 Å². The van der Waals surface area contributed by atoms with Crippen LogP contribution in [-0.4, -0.2) is 33.4 Å². The quantitative estimate of drug-likeness (QED) is 0.823. The maximum Gasteiger partial charge on any atom is 0.0637 e. The summed E-state index contributed by atoms with van der Waals surface area (Å²) in [7, 11) is 3.81. The van der Waals surface area contributed by atoms with Gasteiger partial charge in [0.1, 0.15) is 0 Å². The molecule has 1 aromatic rings. The predicted molar refractivity (Wildman–Crippen MR) is 76.5 cm³/mol. The largest absolute Gasteiger partial charge is 0.383 e. The van der Waals surface area contributed by atoms with E-state index in [1.165, 1.54) is 24.1 Å². The van der Waals surface area contributed by atoms with Crippen molar-refractivity contribution in [2.45, 2.75) is 25.4 Å². The topological polar surface area (TPSA) is 24.5 Å². The first-order valence-corrected chi connectivity index (χ1v) is 6.80. The van der Waals surface area contributed by atoms with Gasteiger partial charge >= 0.3 is 0 Å². The van der Waals surface area contributed by atoms with Gasteiger partial charge in [0.25, 0.3) is 0 Å². The minimum Gasteiger partial charge on any atom is -0.383 e. The van der Waals surface area contributed by atoms with Crippen LogP contribution in [0.5, 0.6) is 0 Å². The Labute approximate surface area is 114 Å². The molecule has 2 rings (SSSR count). The van der Waals surface area contributed by atoms with E-state index in [0.29, 0.717) is 6.04 Å². The monoisotopic (exact) mass is 268 g/mol. The molecular formula is C14H21ClN2O. The summed E-state index contributed by atoms with van der Waals surface area (Å²) in [6.07, 6.45) is 2.60. The molecule has 0 unspecified atom stereocenters. The van der Waals surface area contributed by atoms with Crippen molar-refractivity contribution >= 4 is 17.3 Å². The molecule has 1 aliphatic rings. The van der Waals surface area contributed by atoms with E-state index in [2.05, 4.69) is 29.4 Å². The van der Waals surface area contributed by atoms with Gasteiger partial charge in [-0.15, -0.1) is 0 Å². The summed E-state index contributed by atoms with van der Waals surface area (Å²) in [6.45, 7) is 2.50. The first kappa shape index (κ1) is 13.7. The number of hydrogen-bond donors (Lipinski definition) is 1. The van der Waals surface area contributed by atoms with Gasteiger partial charge in [0.15, 0.2) is 0 Å². The third-order valence-electron chi connectivity index (χ3n) is 3.24. The summed E-state index contributed by atoms with van der Waals surface area (Å²) < 4.78 is 5.12. The van der Waals surface area contributed by atoms with E-state index in [0.717, 1.165) is 24.7 Å². The van der Waals surface area contributed by atoms with Crippen LogP contribution in [0.1, 0.15) is 18.4 Å². The Kier molecular flexibility index (Phi) is 4.87. The predicted octanol–water partition coefficient (Wildman–Crippen LogP) is 2.67. The van der Waals surface area contributed by atoms with E-state index in [1.807, 2.05) is 6.07 Å². The van der Waals surface area contributed by atoms with Gasteiger partial charge in [-0.2, -0.15) is 0 Å². The number of anilines is 1.